The van der Waals surface area contributed by atoms with Gasteiger partial charge in [0.15, 0.2) is 0 Å². The minimum Gasteiger partial charge on any atom is -0.369 e. The number of aromatic nitrogens is 1. The van der Waals surface area contributed by atoms with E-state index in [0.29, 0.717) is 16.5 Å². The smallest absolute Gasteiger partial charge is 0.268 e. The predicted molar refractivity (Wildman–Crippen MR) is 107 cm³/mol. The molecule has 7 nitrogen and oxygen atoms in total. The molecular weight excluding hydrogens is 400 g/mol. The summed E-state index contributed by atoms with van der Waals surface area (Å²) in [6.07, 6.45) is 0.178. The molecule has 0 spiro atoms. The van der Waals surface area contributed by atoms with Crippen molar-refractivity contribution < 1.29 is 14.4 Å². The van der Waals surface area contributed by atoms with Gasteiger partial charge in [-0.2, -0.15) is 0 Å². The maximum Gasteiger partial charge on any atom is 0.268 e. The van der Waals surface area contributed by atoms with Gasteiger partial charge in [-0.15, -0.1) is 11.3 Å². The lowest BCUT2D eigenvalue weighted by molar-refractivity contribution is -0.128. The van der Waals surface area contributed by atoms with Crippen LogP contribution in [0.5, 0.6) is 0 Å². The molecule has 1 aliphatic rings. The van der Waals surface area contributed by atoms with Gasteiger partial charge in [-0.1, -0.05) is 35.9 Å². The summed E-state index contributed by atoms with van der Waals surface area (Å²) in [7, 11) is 0. The Morgan fingerprint density at radius 2 is 2.00 bits per heavy atom. The van der Waals surface area contributed by atoms with Crippen LogP contribution in [0.1, 0.15) is 34.1 Å². The quantitative estimate of drug-likeness (QED) is 0.478. The number of hydrogen-bond acceptors (Lipinski definition) is 4. The molecule has 0 radical (unpaired) electrons. The van der Waals surface area contributed by atoms with Crippen LogP contribution < -0.4 is 16.4 Å². The fourth-order valence-corrected chi connectivity index (χ4v) is 4.68. The van der Waals surface area contributed by atoms with Gasteiger partial charge in [0.05, 0.1) is 16.4 Å². The molecule has 1 aliphatic carbocycles. The molecule has 0 unspecified atom stereocenters. The third-order valence-corrected chi connectivity index (χ3v) is 5.92. The molecule has 0 saturated heterocycles. The highest BCUT2D eigenvalue weighted by atomic mass is 35.5. The molecule has 0 fully saturated rings. The Kier molecular flexibility index (Phi) is 4.82. The number of fused-ring (bicyclic) bond motifs is 2. The minimum absolute atomic E-state index is 0.272. The number of benzene rings is 1. The summed E-state index contributed by atoms with van der Waals surface area (Å²) in [6.45, 7) is 0. The van der Waals surface area contributed by atoms with E-state index < -0.39 is 24.3 Å². The number of H-pyrrole nitrogens is 1. The first kappa shape index (κ1) is 18.5. The average molecular weight is 417 g/mol. The molecule has 28 heavy (non-hydrogen) atoms. The van der Waals surface area contributed by atoms with Crippen molar-refractivity contribution in [2.45, 2.75) is 24.9 Å². The highest BCUT2D eigenvalue weighted by molar-refractivity contribution is 7.22. The molecule has 2 aromatic heterocycles. The van der Waals surface area contributed by atoms with E-state index >= 15 is 0 Å². The number of nitrogens with one attached hydrogen (secondary N) is 3. The standard InChI is InChI=1S/C19H17ClN4O3S/c20-14-7-10-6-13(23-19(10)28-14)18(27)22-12-5-9-3-1-2-4-11(9)17(12)24-16(26)8-15(21)25/h1-4,6-7,12,17,23H,5,8H2,(H2,21,25)(H,22,27)(H,24,26)/t12-,17+/m1/s1. The second-order valence-corrected chi connectivity index (χ2v) is 8.37. The van der Waals surface area contributed by atoms with Gasteiger partial charge >= 0.3 is 0 Å². The van der Waals surface area contributed by atoms with Crippen molar-refractivity contribution in [2.75, 3.05) is 0 Å². The first-order chi connectivity index (χ1) is 13.4. The number of halogens is 1. The highest BCUT2D eigenvalue weighted by Gasteiger charge is 2.35. The lowest BCUT2D eigenvalue weighted by Gasteiger charge is -2.22. The fourth-order valence-electron chi connectivity index (χ4n) is 3.55. The van der Waals surface area contributed by atoms with Crippen molar-refractivity contribution in [3.63, 3.8) is 0 Å². The number of rotatable bonds is 5. The summed E-state index contributed by atoms with van der Waals surface area (Å²) in [5, 5.41) is 6.69. The van der Waals surface area contributed by atoms with Crippen molar-refractivity contribution in [3.8, 4) is 0 Å². The second-order valence-electron chi connectivity index (χ2n) is 6.69. The lowest BCUT2D eigenvalue weighted by atomic mass is 10.1. The molecule has 3 amide bonds. The summed E-state index contributed by atoms with van der Waals surface area (Å²) in [4.78, 5) is 39.8. The summed E-state index contributed by atoms with van der Waals surface area (Å²) < 4.78 is 0.650. The van der Waals surface area contributed by atoms with Gasteiger partial charge in [0.1, 0.15) is 16.9 Å². The Hall–Kier alpha value is -2.84. The number of carbonyl (C=O) groups excluding carboxylic acids is 3. The third-order valence-electron chi connectivity index (χ3n) is 4.72. The number of thiophene rings is 1. The second kappa shape index (κ2) is 7.29. The van der Waals surface area contributed by atoms with E-state index in [9.17, 15) is 14.4 Å². The van der Waals surface area contributed by atoms with Crippen molar-refractivity contribution in [1.29, 1.82) is 0 Å². The van der Waals surface area contributed by atoms with E-state index in [1.807, 2.05) is 24.3 Å². The Bertz CT molecular complexity index is 1060. The van der Waals surface area contributed by atoms with Gasteiger partial charge in [-0.3, -0.25) is 14.4 Å². The zero-order valence-corrected chi connectivity index (χ0v) is 16.2. The number of hydrogen-bond donors (Lipinski definition) is 4. The van der Waals surface area contributed by atoms with Crippen LogP contribution in [0.4, 0.5) is 0 Å². The molecule has 0 saturated carbocycles. The summed E-state index contributed by atoms with van der Waals surface area (Å²) in [6, 6.07) is 10.4. The van der Waals surface area contributed by atoms with Crippen molar-refractivity contribution in [2.24, 2.45) is 5.73 Å². The molecule has 9 heteroatoms. The normalized spacial score (nSPS) is 18.0. The van der Waals surface area contributed by atoms with E-state index in [1.165, 1.54) is 11.3 Å². The van der Waals surface area contributed by atoms with Crippen molar-refractivity contribution in [3.05, 3.63) is 57.6 Å². The molecular formula is C19H17ClN4O3S. The van der Waals surface area contributed by atoms with Crippen LogP contribution in [-0.4, -0.2) is 28.7 Å². The predicted octanol–water partition coefficient (Wildman–Crippen LogP) is 2.27. The summed E-state index contributed by atoms with van der Waals surface area (Å²) in [5.41, 5.74) is 7.50. The van der Waals surface area contributed by atoms with Gasteiger partial charge in [0.25, 0.3) is 5.91 Å². The zero-order valence-electron chi connectivity index (χ0n) is 14.6. The van der Waals surface area contributed by atoms with Crippen LogP contribution in [0.15, 0.2) is 36.4 Å². The third kappa shape index (κ3) is 3.61. The van der Waals surface area contributed by atoms with Gasteiger partial charge in [0.2, 0.25) is 11.8 Å². The number of primary amides is 1. The molecule has 2 atom stereocenters. The number of amides is 3. The van der Waals surface area contributed by atoms with Crippen LogP contribution in [-0.2, 0) is 16.0 Å². The lowest BCUT2D eigenvalue weighted by Crippen LogP contribution is -2.45. The van der Waals surface area contributed by atoms with E-state index in [1.54, 1.807) is 12.1 Å². The number of carbonyl (C=O) groups is 3. The highest BCUT2D eigenvalue weighted by Crippen LogP contribution is 2.32. The van der Waals surface area contributed by atoms with Crippen LogP contribution in [0.2, 0.25) is 4.34 Å². The SMILES string of the molecule is NC(=O)CC(=O)N[C@H]1c2ccccc2C[C@H]1NC(=O)c1cc2cc(Cl)sc2[nH]1. The number of nitrogens with two attached hydrogens (primary N) is 1. The number of aromatic amines is 1. The Morgan fingerprint density at radius 3 is 2.75 bits per heavy atom. The van der Waals surface area contributed by atoms with Gasteiger partial charge in [0, 0.05) is 5.39 Å². The van der Waals surface area contributed by atoms with Gasteiger partial charge < -0.3 is 21.4 Å². The molecule has 0 aliphatic heterocycles. The van der Waals surface area contributed by atoms with Crippen LogP contribution in [0.3, 0.4) is 0 Å². The molecule has 1 aromatic carbocycles. The van der Waals surface area contributed by atoms with E-state index in [4.69, 9.17) is 17.3 Å². The zero-order chi connectivity index (χ0) is 19.8. The largest absolute Gasteiger partial charge is 0.369 e. The molecule has 4 rings (SSSR count). The minimum atomic E-state index is -0.700. The van der Waals surface area contributed by atoms with Gasteiger partial charge in [-0.25, -0.2) is 0 Å². The van der Waals surface area contributed by atoms with E-state index in [0.717, 1.165) is 21.3 Å². The Labute approximate surface area is 169 Å². The molecule has 5 N–H and O–H groups in total. The summed E-state index contributed by atoms with van der Waals surface area (Å²) in [5.74, 6) is -1.44. The van der Waals surface area contributed by atoms with Crippen molar-refractivity contribution >= 4 is 50.9 Å². The monoisotopic (exact) mass is 416 g/mol. The molecule has 3 aromatic rings. The van der Waals surface area contributed by atoms with Crippen LogP contribution in [0.25, 0.3) is 10.2 Å². The first-order valence-electron chi connectivity index (χ1n) is 8.65. The average Bonchev–Trinajstić information content (AvgIpc) is 3.26. The molecule has 2 heterocycles. The Morgan fingerprint density at radius 1 is 1.21 bits per heavy atom. The van der Waals surface area contributed by atoms with Crippen LogP contribution >= 0.6 is 22.9 Å². The molecule has 144 valence electrons. The Balaban J connectivity index is 1.54. The topological polar surface area (TPSA) is 117 Å². The maximum absolute atomic E-state index is 12.8. The first-order valence-corrected chi connectivity index (χ1v) is 9.84. The van der Waals surface area contributed by atoms with Gasteiger partial charge in [-0.05, 0) is 29.7 Å². The maximum atomic E-state index is 12.8. The van der Waals surface area contributed by atoms with E-state index in [2.05, 4.69) is 15.6 Å². The molecule has 0 bridgehead atoms. The van der Waals surface area contributed by atoms with Crippen molar-refractivity contribution in [1.82, 2.24) is 15.6 Å². The fraction of sp³-hybridized carbons (Fsp3) is 0.211. The summed E-state index contributed by atoms with van der Waals surface area (Å²) >= 11 is 7.34. The van der Waals surface area contributed by atoms with Crippen LogP contribution in [0, 0.1) is 0 Å². The van der Waals surface area contributed by atoms with E-state index in [-0.39, 0.29) is 11.9 Å².